The van der Waals surface area contributed by atoms with Crippen LogP contribution in [0.5, 0.6) is 5.75 Å². The van der Waals surface area contributed by atoms with Gasteiger partial charge in [-0.2, -0.15) is 0 Å². The highest BCUT2D eigenvalue weighted by Gasteiger charge is 2.08. The first-order chi connectivity index (χ1) is 13.3. The maximum Gasteiger partial charge on any atom is 0.191 e. The van der Waals surface area contributed by atoms with Crippen molar-refractivity contribution in [1.29, 1.82) is 0 Å². The van der Waals surface area contributed by atoms with Crippen molar-refractivity contribution >= 4 is 15.8 Å². The monoisotopic (exact) mass is 407 g/mol. The molecule has 28 heavy (non-hydrogen) atoms. The van der Waals surface area contributed by atoms with Gasteiger partial charge in [-0.25, -0.2) is 17.8 Å². The van der Waals surface area contributed by atoms with Crippen LogP contribution in [-0.4, -0.2) is 39.8 Å². The number of benzene rings is 2. The number of hydrogen-bond donors (Lipinski definition) is 2. The normalized spacial score (nSPS) is 13.1. The van der Waals surface area contributed by atoms with Gasteiger partial charge in [0.2, 0.25) is 0 Å². The fraction of sp³-hybridized carbons (Fsp3) is 0.350. The van der Waals surface area contributed by atoms with E-state index in [0.29, 0.717) is 31.3 Å². The zero-order valence-corrected chi connectivity index (χ0v) is 17.1. The summed E-state index contributed by atoms with van der Waals surface area (Å²) < 4.78 is 41.7. The number of sulfone groups is 1. The van der Waals surface area contributed by atoms with Gasteiger partial charge in [0.05, 0.1) is 18.0 Å². The zero-order chi connectivity index (χ0) is 20.6. The fourth-order valence-corrected chi connectivity index (χ4v) is 3.01. The molecule has 0 aliphatic carbocycles. The number of hydrogen-bond acceptors (Lipinski definition) is 4. The molecule has 0 fully saturated rings. The van der Waals surface area contributed by atoms with Crippen LogP contribution in [0.1, 0.15) is 19.4 Å². The second-order valence-corrected chi connectivity index (χ2v) is 8.39. The van der Waals surface area contributed by atoms with Crippen LogP contribution in [0.2, 0.25) is 0 Å². The number of aliphatic imine (C=N–C) groups is 1. The summed E-state index contributed by atoms with van der Waals surface area (Å²) in [6.45, 7) is 5.50. The Morgan fingerprint density at radius 2 is 1.75 bits per heavy atom. The molecule has 0 amide bonds. The molecule has 0 radical (unpaired) electrons. The molecule has 0 aromatic heterocycles. The summed E-state index contributed by atoms with van der Waals surface area (Å²) in [4.78, 5) is 4.79. The molecule has 152 valence electrons. The van der Waals surface area contributed by atoms with Gasteiger partial charge in [0.25, 0.3) is 0 Å². The molecular formula is C20H26FN3O3S. The summed E-state index contributed by atoms with van der Waals surface area (Å²) in [6, 6.07) is 12.6. The molecular weight excluding hydrogens is 381 g/mol. The van der Waals surface area contributed by atoms with Crippen molar-refractivity contribution in [3.8, 4) is 5.75 Å². The van der Waals surface area contributed by atoms with Gasteiger partial charge in [-0.15, -0.1) is 0 Å². The second-order valence-electron chi connectivity index (χ2n) is 6.37. The van der Waals surface area contributed by atoms with Crippen molar-refractivity contribution in [2.75, 3.05) is 19.3 Å². The lowest BCUT2D eigenvalue weighted by Crippen LogP contribution is -2.41. The number of halogens is 1. The molecule has 0 saturated carbocycles. The lowest BCUT2D eigenvalue weighted by atomic mass is 10.2. The van der Waals surface area contributed by atoms with Crippen LogP contribution in [0.25, 0.3) is 0 Å². The topological polar surface area (TPSA) is 79.8 Å². The third-order valence-electron chi connectivity index (χ3n) is 3.82. The van der Waals surface area contributed by atoms with Gasteiger partial charge < -0.3 is 15.4 Å². The Kier molecular flexibility index (Phi) is 7.80. The van der Waals surface area contributed by atoms with Crippen molar-refractivity contribution in [2.24, 2.45) is 4.99 Å². The molecule has 0 bridgehead atoms. The Morgan fingerprint density at radius 1 is 1.11 bits per heavy atom. The van der Waals surface area contributed by atoms with Crippen LogP contribution in [0, 0.1) is 5.82 Å². The van der Waals surface area contributed by atoms with E-state index in [1.54, 1.807) is 36.4 Å². The van der Waals surface area contributed by atoms with E-state index < -0.39 is 9.84 Å². The third-order valence-corrected chi connectivity index (χ3v) is 4.95. The van der Waals surface area contributed by atoms with E-state index in [1.165, 1.54) is 18.4 Å². The maximum atomic E-state index is 12.9. The van der Waals surface area contributed by atoms with Crippen molar-refractivity contribution in [3.05, 3.63) is 59.9 Å². The highest BCUT2D eigenvalue weighted by molar-refractivity contribution is 7.90. The molecule has 0 saturated heterocycles. The molecule has 8 heteroatoms. The number of nitrogens with one attached hydrogen (secondary N) is 2. The van der Waals surface area contributed by atoms with Gasteiger partial charge in [-0.3, -0.25) is 0 Å². The van der Waals surface area contributed by atoms with Gasteiger partial charge in [0, 0.05) is 12.8 Å². The van der Waals surface area contributed by atoms with Crippen LogP contribution >= 0.6 is 0 Å². The Hall–Kier alpha value is -2.61. The lowest BCUT2D eigenvalue weighted by Gasteiger charge is -2.17. The van der Waals surface area contributed by atoms with Crippen molar-refractivity contribution in [2.45, 2.75) is 31.4 Å². The van der Waals surface area contributed by atoms with Gasteiger partial charge in [-0.05, 0) is 55.8 Å². The number of nitrogens with zero attached hydrogens (tertiary/aromatic N) is 1. The standard InChI is InChI=1S/C20H26FN3O3S/c1-4-22-20(23-13-15(2)27-18-9-7-17(21)8-10-18)24-14-16-5-11-19(12-6-16)28(3,25)26/h5-12,15H,4,13-14H2,1-3H3,(H2,22,23,24). The lowest BCUT2D eigenvalue weighted by molar-refractivity contribution is 0.223. The van der Waals surface area contributed by atoms with E-state index in [2.05, 4.69) is 15.6 Å². The van der Waals surface area contributed by atoms with E-state index in [-0.39, 0.29) is 16.8 Å². The minimum absolute atomic E-state index is 0.150. The Bertz CT molecular complexity index is 882. The van der Waals surface area contributed by atoms with Gasteiger partial charge >= 0.3 is 0 Å². The molecule has 0 spiro atoms. The fourth-order valence-electron chi connectivity index (χ4n) is 2.38. The first kappa shape index (κ1) is 21.7. The van der Waals surface area contributed by atoms with Crippen LogP contribution in [0.4, 0.5) is 4.39 Å². The van der Waals surface area contributed by atoms with Crippen molar-refractivity contribution in [1.82, 2.24) is 10.6 Å². The Balaban J connectivity index is 1.91. The van der Waals surface area contributed by atoms with E-state index in [0.717, 1.165) is 5.56 Å². The number of guanidine groups is 1. The molecule has 0 aliphatic heterocycles. The summed E-state index contributed by atoms with van der Waals surface area (Å²) in [5, 5.41) is 6.35. The van der Waals surface area contributed by atoms with Crippen LogP contribution in [-0.2, 0) is 16.4 Å². The van der Waals surface area contributed by atoms with E-state index in [9.17, 15) is 12.8 Å². The average Bonchev–Trinajstić information content (AvgIpc) is 2.65. The van der Waals surface area contributed by atoms with Crippen LogP contribution in [0.3, 0.4) is 0 Å². The quantitative estimate of drug-likeness (QED) is 0.520. The summed E-state index contributed by atoms with van der Waals surface area (Å²) >= 11 is 0. The third kappa shape index (κ3) is 7.19. The molecule has 6 nitrogen and oxygen atoms in total. The predicted molar refractivity (Wildman–Crippen MR) is 109 cm³/mol. The summed E-state index contributed by atoms with van der Waals surface area (Å²) in [5.41, 5.74) is 0.903. The first-order valence-corrected chi connectivity index (χ1v) is 10.9. The van der Waals surface area contributed by atoms with Crippen molar-refractivity contribution in [3.63, 3.8) is 0 Å². The maximum absolute atomic E-state index is 12.9. The first-order valence-electron chi connectivity index (χ1n) is 9.01. The molecule has 2 aromatic rings. The molecule has 2 N–H and O–H groups in total. The van der Waals surface area contributed by atoms with Crippen LogP contribution < -0.4 is 15.4 Å². The van der Waals surface area contributed by atoms with Crippen molar-refractivity contribution < 1.29 is 17.5 Å². The molecule has 0 aliphatic rings. The van der Waals surface area contributed by atoms with Gasteiger partial charge in [0.15, 0.2) is 15.8 Å². The summed E-state index contributed by atoms with van der Waals surface area (Å²) in [6.07, 6.45) is 1.03. The SMILES string of the molecule is CCNC(=NCc1ccc(S(C)(=O)=O)cc1)NCC(C)Oc1ccc(F)cc1. The van der Waals surface area contributed by atoms with E-state index >= 15 is 0 Å². The zero-order valence-electron chi connectivity index (χ0n) is 16.3. The number of ether oxygens (including phenoxy) is 1. The highest BCUT2D eigenvalue weighted by atomic mass is 32.2. The molecule has 1 unspecified atom stereocenters. The molecule has 2 rings (SSSR count). The minimum Gasteiger partial charge on any atom is -0.489 e. The van der Waals surface area contributed by atoms with Crippen LogP contribution in [0.15, 0.2) is 58.4 Å². The second kappa shape index (κ2) is 10.1. The van der Waals surface area contributed by atoms with E-state index in [1.807, 2.05) is 13.8 Å². The Labute approximate surface area is 165 Å². The minimum atomic E-state index is -3.20. The summed E-state index contributed by atoms with van der Waals surface area (Å²) in [5.74, 6) is 0.928. The van der Waals surface area contributed by atoms with Gasteiger partial charge in [0.1, 0.15) is 17.7 Å². The largest absolute Gasteiger partial charge is 0.489 e. The predicted octanol–water partition coefficient (Wildman–Crippen LogP) is 2.75. The molecule has 0 heterocycles. The smallest absolute Gasteiger partial charge is 0.191 e. The average molecular weight is 408 g/mol. The van der Waals surface area contributed by atoms with E-state index in [4.69, 9.17) is 4.74 Å². The highest BCUT2D eigenvalue weighted by Crippen LogP contribution is 2.13. The van der Waals surface area contributed by atoms with Gasteiger partial charge in [-0.1, -0.05) is 12.1 Å². The molecule has 2 aromatic carbocycles. The Morgan fingerprint density at radius 3 is 2.32 bits per heavy atom. The number of rotatable bonds is 8. The summed E-state index contributed by atoms with van der Waals surface area (Å²) in [7, 11) is -3.20. The molecule has 1 atom stereocenters.